The zero-order chi connectivity index (χ0) is 24.5. The second-order valence-corrected chi connectivity index (χ2v) is 12.2. The van der Waals surface area contributed by atoms with E-state index >= 15 is 0 Å². The van der Waals surface area contributed by atoms with E-state index in [2.05, 4.69) is 0 Å². The van der Waals surface area contributed by atoms with Crippen LogP contribution in [0.3, 0.4) is 0 Å². The van der Waals surface area contributed by atoms with Crippen molar-refractivity contribution in [1.29, 1.82) is 0 Å². The lowest BCUT2D eigenvalue weighted by Crippen LogP contribution is -2.67. The van der Waals surface area contributed by atoms with Crippen LogP contribution in [-0.2, 0) is 28.9 Å². The number of rotatable bonds is 10. The summed E-state index contributed by atoms with van der Waals surface area (Å²) in [7, 11) is -2.17. The molecule has 0 aromatic heterocycles. The Hall–Kier alpha value is -2.42. The molecule has 1 aromatic carbocycles. The summed E-state index contributed by atoms with van der Waals surface area (Å²) in [6, 6.07) is 5.97. The molecule has 0 heterocycles. The van der Waals surface area contributed by atoms with Gasteiger partial charge in [-0.05, 0) is 81.7 Å². The van der Waals surface area contributed by atoms with Crippen molar-refractivity contribution in [3.63, 3.8) is 0 Å². The molecule has 0 atom stereocenters. The Kier molecular flexibility index (Phi) is 6.94. The van der Waals surface area contributed by atoms with Crippen LogP contribution >= 0.6 is 0 Å². The first-order valence-electron chi connectivity index (χ1n) is 10.9. The van der Waals surface area contributed by atoms with Gasteiger partial charge in [-0.1, -0.05) is 0 Å². The van der Waals surface area contributed by atoms with Crippen LogP contribution in [0.25, 0.3) is 0 Å². The molecule has 182 valence electrons. The molecule has 7 nitrogen and oxygen atoms in total. The van der Waals surface area contributed by atoms with Gasteiger partial charge in [-0.2, -0.15) is 0 Å². The van der Waals surface area contributed by atoms with Crippen LogP contribution in [0.5, 0.6) is 5.75 Å². The maximum Gasteiger partial charge on any atom is 0.311 e. The summed E-state index contributed by atoms with van der Waals surface area (Å²) in [5, 5.41) is 0. The number of hydrogen-bond acceptors (Lipinski definition) is 7. The lowest BCUT2D eigenvalue weighted by Gasteiger charge is -2.68. The van der Waals surface area contributed by atoms with Gasteiger partial charge in [0.2, 0.25) is 0 Å². The van der Waals surface area contributed by atoms with E-state index in [1.54, 1.807) is 20.8 Å². The molecule has 3 aliphatic carbocycles. The van der Waals surface area contributed by atoms with Crippen LogP contribution in [-0.4, -0.2) is 45.4 Å². The van der Waals surface area contributed by atoms with Crippen LogP contribution in [0.1, 0.15) is 52.9 Å². The Bertz CT molecular complexity index is 1020. The third-order valence-electron chi connectivity index (χ3n) is 6.09. The van der Waals surface area contributed by atoms with Crippen LogP contribution in [0.15, 0.2) is 41.1 Å². The quantitative estimate of drug-likeness (QED) is 0.462. The number of hydrogen-bond donors (Lipinski definition) is 0. The van der Waals surface area contributed by atoms with Gasteiger partial charge in [0.15, 0.2) is 9.84 Å². The molecule has 0 unspecified atom stereocenters. The fraction of sp³-hybridized carbons (Fsp3) is 0.583. The zero-order valence-corrected chi connectivity index (χ0v) is 20.3. The highest BCUT2D eigenvalue weighted by molar-refractivity contribution is 7.91. The predicted molar refractivity (Wildman–Crippen MR) is 119 cm³/mol. The minimum atomic E-state index is -3.52. The summed E-state index contributed by atoms with van der Waals surface area (Å²) in [5.41, 5.74) is -1.12. The average Bonchev–Trinajstić information content (AvgIpc) is 2.68. The maximum atomic E-state index is 13.2. The monoisotopic (exact) mass is 482 g/mol. The Labute approximate surface area is 194 Å². The topological polar surface area (TPSA) is 96.0 Å². The molecule has 9 heteroatoms. The van der Waals surface area contributed by atoms with Gasteiger partial charge in [-0.25, -0.2) is 12.8 Å². The molecule has 3 saturated carbocycles. The third kappa shape index (κ3) is 5.75. The van der Waals surface area contributed by atoms with Gasteiger partial charge in [-0.3, -0.25) is 9.59 Å². The summed E-state index contributed by atoms with van der Waals surface area (Å²) >= 11 is 0. The van der Waals surface area contributed by atoms with Crippen LogP contribution in [0, 0.1) is 10.8 Å². The lowest BCUT2D eigenvalue weighted by atomic mass is 9.36. The van der Waals surface area contributed by atoms with E-state index < -0.39 is 26.8 Å². The van der Waals surface area contributed by atoms with Crippen molar-refractivity contribution in [2.75, 3.05) is 19.5 Å². The number of halogens is 1. The Balaban J connectivity index is 1.49. The predicted octanol–water partition coefficient (Wildman–Crippen LogP) is 4.16. The van der Waals surface area contributed by atoms with Crippen molar-refractivity contribution in [3.8, 4) is 5.75 Å². The van der Waals surface area contributed by atoms with E-state index in [-0.39, 0.29) is 41.5 Å². The molecule has 1 aromatic rings. The molecule has 33 heavy (non-hydrogen) atoms. The smallest absolute Gasteiger partial charge is 0.311 e. The molecule has 2 bridgehead atoms. The molecule has 4 rings (SSSR count). The summed E-state index contributed by atoms with van der Waals surface area (Å²) in [6.07, 6.45) is 2.26. The van der Waals surface area contributed by atoms with Crippen molar-refractivity contribution in [1.82, 2.24) is 0 Å². The average molecular weight is 483 g/mol. The first-order chi connectivity index (χ1) is 15.3. The first-order valence-corrected chi connectivity index (χ1v) is 12.5. The second-order valence-electron chi connectivity index (χ2n) is 10.2. The van der Waals surface area contributed by atoms with E-state index in [0.29, 0.717) is 36.9 Å². The second kappa shape index (κ2) is 9.08. The molecular weight excluding hydrogens is 451 g/mol. The molecule has 0 radical (unpaired) electrons. The molecule has 3 fully saturated rings. The van der Waals surface area contributed by atoms with Crippen LogP contribution < -0.4 is 4.74 Å². The number of ether oxygens (including phenoxy) is 3. The third-order valence-corrected chi connectivity index (χ3v) is 8.07. The lowest BCUT2D eigenvalue weighted by molar-refractivity contribution is -0.217. The normalized spacial score (nSPS) is 24.3. The van der Waals surface area contributed by atoms with E-state index in [0.717, 1.165) is 0 Å². The van der Waals surface area contributed by atoms with Crippen molar-refractivity contribution < 1.29 is 36.6 Å². The van der Waals surface area contributed by atoms with E-state index in [1.165, 1.54) is 31.4 Å². The molecule has 0 spiro atoms. The number of carbonyl (C=O) groups is 2. The first kappa shape index (κ1) is 25.2. The van der Waals surface area contributed by atoms with Crippen molar-refractivity contribution in [3.05, 3.63) is 36.2 Å². The maximum absolute atomic E-state index is 13.2. The Morgan fingerprint density at radius 1 is 1.09 bits per heavy atom. The molecular formula is C24H31FO7S. The highest BCUT2D eigenvalue weighted by Crippen LogP contribution is 2.74. The molecule has 3 aliphatic rings. The van der Waals surface area contributed by atoms with Gasteiger partial charge in [0.1, 0.15) is 18.0 Å². The minimum absolute atomic E-state index is 0.00164. The Morgan fingerprint density at radius 3 is 2.21 bits per heavy atom. The van der Waals surface area contributed by atoms with E-state index in [9.17, 15) is 22.4 Å². The molecule has 0 amide bonds. The number of carbonyl (C=O) groups excluding carboxylic acids is 2. The van der Waals surface area contributed by atoms with Gasteiger partial charge < -0.3 is 14.2 Å². The van der Waals surface area contributed by atoms with E-state index in [1.807, 2.05) is 0 Å². The summed E-state index contributed by atoms with van der Waals surface area (Å²) < 4.78 is 54.4. The van der Waals surface area contributed by atoms with Gasteiger partial charge >= 0.3 is 11.9 Å². The summed E-state index contributed by atoms with van der Waals surface area (Å²) in [4.78, 5) is 23.8. The standard InChI is InChI=1S/C24H31FO7S/c1-22(2,3)32-20(26)10-5-17(11-25)12-31-18-6-8-19(9-7-18)33(28,29)16-23-13-24(14-23,15-23)21(27)30-4/h6-9,11H,5,10,12-16H2,1-4H3/b17-11+. The fourth-order valence-corrected chi connectivity index (χ4v) is 6.63. The highest BCUT2D eigenvalue weighted by atomic mass is 32.2. The number of benzene rings is 1. The Morgan fingerprint density at radius 2 is 1.70 bits per heavy atom. The molecule has 0 aliphatic heterocycles. The van der Waals surface area contributed by atoms with E-state index in [4.69, 9.17) is 14.2 Å². The summed E-state index contributed by atoms with van der Waals surface area (Å²) in [5.74, 6) is -0.285. The van der Waals surface area contributed by atoms with Gasteiger partial charge in [0, 0.05) is 6.42 Å². The fourth-order valence-electron chi connectivity index (χ4n) is 4.80. The van der Waals surface area contributed by atoms with Gasteiger partial charge in [0.25, 0.3) is 0 Å². The minimum Gasteiger partial charge on any atom is -0.489 e. The summed E-state index contributed by atoms with van der Waals surface area (Å²) in [6.45, 7) is 5.22. The molecule has 0 N–H and O–H groups in total. The number of sulfone groups is 1. The van der Waals surface area contributed by atoms with Crippen molar-refractivity contribution >= 4 is 21.8 Å². The number of methoxy groups -OCH3 is 1. The highest BCUT2D eigenvalue weighted by Gasteiger charge is 2.72. The van der Waals surface area contributed by atoms with Crippen molar-refractivity contribution in [2.24, 2.45) is 10.8 Å². The SMILES string of the molecule is COC(=O)C12CC(CS(=O)(=O)c3ccc(OC/C(=C/F)CCC(=O)OC(C)(C)C)cc3)(C1)C2. The number of esters is 2. The van der Waals surface area contributed by atoms with Gasteiger partial charge in [0.05, 0.1) is 29.5 Å². The van der Waals surface area contributed by atoms with Crippen molar-refractivity contribution in [2.45, 2.75) is 63.4 Å². The van der Waals surface area contributed by atoms with Crippen LogP contribution in [0.4, 0.5) is 4.39 Å². The van der Waals surface area contributed by atoms with Gasteiger partial charge in [-0.15, -0.1) is 0 Å². The van der Waals surface area contributed by atoms with Crippen LogP contribution in [0.2, 0.25) is 0 Å². The largest absolute Gasteiger partial charge is 0.489 e. The zero-order valence-electron chi connectivity index (χ0n) is 19.5. The molecule has 0 saturated heterocycles.